The van der Waals surface area contributed by atoms with E-state index in [4.69, 9.17) is 0 Å². The van der Waals surface area contributed by atoms with E-state index in [9.17, 15) is 18.0 Å². The summed E-state index contributed by atoms with van der Waals surface area (Å²) >= 11 is 0. The second-order valence-corrected chi connectivity index (χ2v) is 8.63. The van der Waals surface area contributed by atoms with Gasteiger partial charge in [0.25, 0.3) is 12.0 Å². The molecule has 1 unspecified atom stereocenters. The maximum absolute atomic E-state index is 14.7. The number of nitrogens with zero attached hydrogens (tertiary/aromatic N) is 4. The Hall–Kier alpha value is -2.94. The number of piperidine rings is 1. The van der Waals surface area contributed by atoms with Gasteiger partial charge in [0, 0.05) is 30.1 Å². The number of hydrogen-bond acceptors (Lipinski definition) is 5. The molecule has 4 rings (SSSR count). The Morgan fingerprint density at radius 1 is 1.24 bits per heavy atom. The van der Waals surface area contributed by atoms with Crippen molar-refractivity contribution in [2.75, 3.05) is 25.5 Å². The van der Waals surface area contributed by atoms with Crippen LogP contribution in [0.1, 0.15) is 61.8 Å². The number of likely N-dealkylation sites (tertiary alicyclic amines) is 1. The van der Waals surface area contributed by atoms with Crippen molar-refractivity contribution in [1.29, 1.82) is 0 Å². The molecule has 3 aromatic rings. The summed E-state index contributed by atoms with van der Waals surface area (Å²) in [4.78, 5) is 24.2. The minimum Gasteiger partial charge on any atom is -0.363 e. The van der Waals surface area contributed by atoms with Gasteiger partial charge in [0.1, 0.15) is 23.6 Å². The molecule has 3 heterocycles. The molecule has 1 N–H and O–H groups in total. The molecule has 2 atom stereocenters. The molecule has 6 nitrogen and oxygen atoms in total. The zero-order valence-corrected chi connectivity index (χ0v) is 19.0. The van der Waals surface area contributed by atoms with E-state index in [0.717, 1.165) is 32.0 Å². The first kappa shape index (κ1) is 23.2. The van der Waals surface area contributed by atoms with Crippen molar-refractivity contribution in [3.05, 3.63) is 63.5 Å². The standard InChI is InChI=1S/C24H28F3N5O/c1-4-32-23-19(11-18(24(32)33)15-7-6-10-31(3)12-15)22(28-13-29-23)30-14(2)16-8-5-9-17(20(16)25)21(26)27/h5,8-9,11,13-15,21H,4,6-7,10,12H2,1-3H3,(H,28,29,30)/t14-,15?/m1/s1. The van der Waals surface area contributed by atoms with E-state index in [2.05, 4.69) is 20.2 Å². The number of anilines is 1. The number of rotatable bonds is 6. The van der Waals surface area contributed by atoms with Gasteiger partial charge < -0.3 is 10.2 Å². The van der Waals surface area contributed by atoms with Crippen LogP contribution in [0, 0.1) is 5.82 Å². The van der Waals surface area contributed by atoms with Gasteiger partial charge in [-0.15, -0.1) is 0 Å². The topological polar surface area (TPSA) is 63.1 Å². The number of aryl methyl sites for hydroxylation is 1. The van der Waals surface area contributed by atoms with Crippen molar-refractivity contribution in [2.24, 2.45) is 0 Å². The van der Waals surface area contributed by atoms with Crippen LogP contribution < -0.4 is 10.9 Å². The van der Waals surface area contributed by atoms with Crippen LogP contribution in [-0.4, -0.2) is 39.6 Å². The summed E-state index contributed by atoms with van der Waals surface area (Å²) in [5.41, 5.74) is 0.641. The molecule has 0 aliphatic carbocycles. The largest absolute Gasteiger partial charge is 0.363 e. The monoisotopic (exact) mass is 459 g/mol. The summed E-state index contributed by atoms with van der Waals surface area (Å²) in [6.45, 7) is 5.82. The van der Waals surface area contributed by atoms with Crippen LogP contribution in [0.3, 0.4) is 0 Å². The summed E-state index contributed by atoms with van der Waals surface area (Å²) in [6, 6.07) is 5.20. The van der Waals surface area contributed by atoms with Gasteiger partial charge in [-0.3, -0.25) is 9.36 Å². The van der Waals surface area contributed by atoms with E-state index in [1.165, 1.54) is 18.5 Å². The Kier molecular flexibility index (Phi) is 6.69. The molecular formula is C24H28F3N5O. The molecule has 0 bridgehead atoms. The maximum atomic E-state index is 14.7. The minimum atomic E-state index is -2.90. The van der Waals surface area contributed by atoms with E-state index in [-0.39, 0.29) is 17.0 Å². The summed E-state index contributed by atoms with van der Waals surface area (Å²) in [7, 11) is 2.05. The molecule has 0 radical (unpaired) electrons. The molecule has 1 saturated heterocycles. The van der Waals surface area contributed by atoms with Gasteiger partial charge in [-0.25, -0.2) is 23.1 Å². The van der Waals surface area contributed by atoms with E-state index in [1.54, 1.807) is 11.5 Å². The zero-order chi connectivity index (χ0) is 23.7. The molecule has 2 aromatic heterocycles. The second-order valence-electron chi connectivity index (χ2n) is 8.63. The lowest BCUT2D eigenvalue weighted by Crippen LogP contribution is -2.35. The number of nitrogens with one attached hydrogen (secondary N) is 1. The molecule has 33 heavy (non-hydrogen) atoms. The third-order valence-corrected chi connectivity index (χ3v) is 6.40. The Labute approximate surface area is 190 Å². The van der Waals surface area contributed by atoms with Crippen LogP contribution in [0.15, 0.2) is 35.4 Å². The predicted molar refractivity (Wildman–Crippen MR) is 122 cm³/mol. The fourth-order valence-electron chi connectivity index (χ4n) is 4.68. The van der Waals surface area contributed by atoms with Gasteiger partial charge in [-0.2, -0.15) is 0 Å². The fraction of sp³-hybridized carbons (Fsp3) is 0.458. The van der Waals surface area contributed by atoms with Crippen LogP contribution in [0.2, 0.25) is 0 Å². The number of likely N-dealkylation sites (N-methyl/N-ethyl adjacent to an activating group) is 1. The van der Waals surface area contributed by atoms with Gasteiger partial charge >= 0.3 is 0 Å². The first-order valence-corrected chi connectivity index (χ1v) is 11.2. The minimum absolute atomic E-state index is 0.0568. The van der Waals surface area contributed by atoms with Crippen LogP contribution in [0.25, 0.3) is 11.0 Å². The Balaban J connectivity index is 1.78. The molecule has 1 aliphatic rings. The molecule has 1 aliphatic heterocycles. The maximum Gasteiger partial charge on any atom is 0.266 e. The molecule has 176 valence electrons. The van der Waals surface area contributed by atoms with E-state index >= 15 is 0 Å². The summed E-state index contributed by atoms with van der Waals surface area (Å²) in [5, 5.41) is 3.81. The van der Waals surface area contributed by atoms with Gasteiger partial charge in [-0.05, 0) is 46.3 Å². The van der Waals surface area contributed by atoms with Crippen LogP contribution in [-0.2, 0) is 6.54 Å². The van der Waals surface area contributed by atoms with E-state index < -0.39 is 23.8 Å². The molecule has 0 spiro atoms. The van der Waals surface area contributed by atoms with Crippen LogP contribution in [0.4, 0.5) is 19.0 Å². The third kappa shape index (κ3) is 4.46. The molecule has 1 fully saturated rings. The normalized spacial score (nSPS) is 18.1. The Bertz CT molecular complexity index is 1210. The van der Waals surface area contributed by atoms with Crippen molar-refractivity contribution in [1.82, 2.24) is 19.4 Å². The zero-order valence-electron chi connectivity index (χ0n) is 19.0. The quantitative estimate of drug-likeness (QED) is 0.570. The van der Waals surface area contributed by atoms with Gasteiger partial charge in [0.05, 0.1) is 17.0 Å². The number of benzene rings is 1. The SMILES string of the molecule is CCn1c(=O)c(C2CCCN(C)C2)cc2c(N[C@H](C)c3cccc(C(F)F)c3F)ncnc21. The van der Waals surface area contributed by atoms with Crippen molar-refractivity contribution in [3.8, 4) is 0 Å². The predicted octanol–water partition coefficient (Wildman–Crippen LogP) is 4.87. The van der Waals surface area contributed by atoms with Crippen molar-refractivity contribution in [2.45, 2.75) is 51.6 Å². The lowest BCUT2D eigenvalue weighted by atomic mass is 9.91. The number of hydrogen-bond donors (Lipinski definition) is 1. The average Bonchev–Trinajstić information content (AvgIpc) is 2.78. The summed E-state index contributed by atoms with van der Waals surface area (Å²) in [6.07, 6.45) is 0.390. The Morgan fingerprint density at radius 2 is 2.00 bits per heavy atom. The first-order chi connectivity index (χ1) is 15.8. The highest BCUT2D eigenvalue weighted by molar-refractivity contribution is 5.87. The van der Waals surface area contributed by atoms with Gasteiger partial charge in [-0.1, -0.05) is 18.2 Å². The van der Waals surface area contributed by atoms with Crippen molar-refractivity contribution < 1.29 is 13.2 Å². The third-order valence-electron chi connectivity index (χ3n) is 6.40. The lowest BCUT2D eigenvalue weighted by Gasteiger charge is -2.30. The number of aromatic nitrogens is 3. The average molecular weight is 460 g/mol. The van der Waals surface area contributed by atoms with Crippen molar-refractivity contribution >= 4 is 16.9 Å². The molecule has 1 aromatic carbocycles. The highest BCUT2D eigenvalue weighted by Crippen LogP contribution is 2.31. The molecule has 0 saturated carbocycles. The fourth-order valence-corrected chi connectivity index (χ4v) is 4.68. The highest BCUT2D eigenvalue weighted by atomic mass is 19.3. The van der Waals surface area contributed by atoms with Crippen LogP contribution >= 0.6 is 0 Å². The highest BCUT2D eigenvalue weighted by Gasteiger charge is 2.25. The molecule has 0 amide bonds. The summed E-state index contributed by atoms with van der Waals surface area (Å²) < 4.78 is 42.7. The van der Waals surface area contributed by atoms with E-state index in [1.807, 2.05) is 20.0 Å². The van der Waals surface area contributed by atoms with E-state index in [0.29, 0.717) is 29.0 Å². The number of halogens is 3. The van der Waals surface area contributed by atoms with Gasteiger partial charge in [0.2, 0.25) is 0 Å². The first-order valence-electron chi connectivity index (χ1n) is 11.2. The number of alkyl halides is 2. The molecular weight excluding hydrogens is 431 g/mol. The summed E-state index contributed by atoms with van der Waals surface area (Å²) in [5.74, 6) is -0.395. The number of pyridine rings is 1. The lowest BCUT2D eigenvalue weighted by molar-refractivity contribution is 0.146. The van der Waals surface area contributed by atoms with Gasteiger partial charge in [0.15, 0.2) is 0 Å². The second kappa shape index (κ2) is 9.51. The smallest absolute Gasteiger partial charge is 0.266 e. The Morgan fingerprint density at radius 3 is 2.70 bits per heavy atom. The molecule has 9 heteroatoms. The number of fused-ring (bicyclic) bond motifs is 1. The van der Waals surface area contributed by atoms with Crippen molar-refractivity contribution in [3.63, 3.8) is 0 Å². The van der Waals surface area contributed by atoms with Crippen LogP contribution in [0.5, 0.6) is 0 Å².